The zero-order chi connectivity index (χ0) is 12.7. The molecule has 0 aliphatic heterocycles. The molecule has 0 unspecified atom stereocenters. The Hall–Kier alpha value is -1.83. The van der Waals surface area contributed by atoms with Crippen molar-refractivity contribution >= 4 is 11.5 Å². The number of aryl methyl sites for hydroxylation is 1. The summed E-state index contributed by atoms with van der Waals surface area (Å²) in [7, 11) is 1.77. The van der Waals surface area contributed by atoms with Crippen LogP contribution in [0, 0.1) is 6.92 Å². The van der Waals surface area contributed by atoms with Gasteiger partial charge in [-0.1, -0.05) is 49.4 Å². The largest absolute Gasteiger partial charge is 0.341 e. The van der Waals surface area contributed by atoms with Crippen molar-refractivity contribution in [2.24, 2.45) is 4.99 Å². The second-order valence-corrected chi connectivity index (χ2v) is 3.89. The zero-order valence-electron chi connectivity index (χ0n) is 10.8. The van der Waals surface area contributed by atoms with E-state index in [0.717, 1.165) is 23.5 Å². The molecule has 0 aliphatic carbocycles. The first kappa shape index (κ1) is 13.2. The van der Waals surface area contributed by atoms with E-state index in [9.17, 15) is 0 Å². The van der Waals surface area contributed by atoms with Crippen molar-refractivity contribution < 1.29 is 0 Å². The normalized spacial score (nSPS) is 11.8. The molecule has 0 heterocycles. The van der Waals surface area contributed by atoms with Gasteiger partial charge in [-0.2, -0.15) is 0 Å². The zero-order valence-corrected chi connectivity index (χ0v) is 10.8. The number of hydrogen-bond acceptors (Lipinski definition) is 1. The molecule has 0 fully saturated rings. The van der Waals surface area contributed by atoms with Gasteiger partial charge in [-0.15, -0.1) is 0 Å². The Morgan fingerprint density at radius 2 is 2.00 bits per heavy atom. The van der Waals surface area contributed by atoms with Crippen molar-refractivity contribution in [2.45, 2.75) is 20.3 Å². The van der Waals surface area contributed by atoms with E-state index < -0.39 is 0 Å². The van der Waals surface area contributed by atoms with Gasteiger partial charge >= 0.3 is 0 Å². The topological polar surface area (TPSA) is 24.4 Å². The molecule has 0 amide bonds. The quantitative estimate of drug-likeness (QED) is 0.618. The van der Waals surface area contributed by atoms with Gasteiger partial charge in [0.05, 0.1) is 0 Å². The van der Waals surface area contributed by atoms with Crippen molar-refractivity contribution in [3.8, 4) is 0 Å². The van der Waals surface area contributed by atoms with Crippen LogP contribution in [0.25, 0.3) is 5.70 Å². The first-order chi connectivity index (χ1) is 8.17. The van der Waals surface area contributed by atoms with Gasteiger partial charge in [0.25, 0.3) is 0 Å². The highest BCUT2D eigenvalue weighted by Crippen LogP contribution is 2.10. The van der Waals surface area contributed by atoms with Crippen LogP contribution in [-0.2, 0) is 0 Å². The molecule has 1 aromatic carbocycles. The molecule has 1 aromatic rings. The summed E-state index contributed by atoms with van der Waals surface area (Å²) >= 11 is 0. The molecule has 0 bridgehead atoms. The molecule has 0 saturated heterocycles. The number of allylic oxidation sites excluding steroid dienone is 1. The van der Waals surface area contributed by atoms with E-state index in [-0.39, 0.29) is 0 Å². The summed E-state index contributed by atoms with van der Waals surface area (Å²) in [5.41, 5.74) is 3.20. The molecular formula is C15H20N2. The summed E-state index contributed by atoms with van der Waals surface area (Å²) in [6.45, 7) is 8.19. The fourth-order valence-corrected chi connectivity index (χ4v) is 1.38. The Morgan fingerprint density at radius 1 is 1.35 bits per heavy atom. The van der Waals surface area contributed by atoms with E-state index in [1.807, 2.05) is 6.08 Å². The van der Waals surface area contributed by atoms with Gasteiger partial charge in [0.1, 0.15) is 5.84 Å². The highest BCUT2D eigenvalue weighted by Gasteiger charge is 1.99. The van der Waals surface area contributed by atoms with Gasteiger partial charge in [0, 0.05) is 12.7 Å². The van der Waals surface area contributed by atoms with Crippen LogP contribution in [0.4, 0.5) is 0 Å². The van der Waals surface area contributed by atoms with Crippen molar-refractivity contribution in [3.63, 3.8) is 0 Å². The molecule has 90 valence electrons. The molecule has 1 N–H and O–H groups in total. The third-order valence-electron chi connectivity index (χ3n) is 2.43. The third kappa shape index (κ3) is 4.27. The summed E-state index contributed by atoms with van der Waals surface area (Å²) in [6, 6.07) is 8.27. The van der Waals surface area contributed by atoms with E-state index in [2.05, 4.69) is 61.1 Å². The number of amidine groups is 1. The Labute approximate surface area is 104 Å². The lowest BCUT2D eigenvalue weighted by atomic mass is 10.1. The van der Waals surface area contributed by atoms with Gasteiger partial charge in [-0.3, -0.25) is 4.99 Å². The van der Waals surface area contributed by atoms with Crippen LogP contribution in [0.2, 0.25) is 0 Å². The van der Waals surface area contributed by atoms with Gasteiger partial charge in [-0.05, 0) is 25.0 Å². The molecular weight excluding hydrogens is 208 g/mol. The standard InChI is InChI=1S/C15H20N2/c1-5-6-7-15(16-4)17-13(3)14-10-8-12(2)9-11-14/h6-11H,3,5H2,1-2,4H3,(H,16,17)/b7-6-. The number of aliphatic imine (C=N–C) groups is 1. The highest BCUT2D eigenvalue weighted by molar-refractivity contribution is 5.98. The average molecular weight is 228 g/mol. The molecule has 0 saturated carbocycles. The van der Waals surface area contributed by atoms with E-state index in [1.54, 1.807) is 7.05 Å². The highest BCUT2D eigenvalue weighted by atomic mass is 15.0. The molecule has 2 nitrogen and oxygen atoms in total. The Kier molecular flexibility index (Phi) is 5.21. The fraction of sp³-hybridized carbons (Fsp3) is 0.267. The Morgan fingerprint density at radius 3 is 2.53 bits per heavy atom. The van der Waals surface area contributed by atoms with Crippen LogP contribution in [0.15, 0.2) is 48.0 Å². The number of nitrogens with one attached hydrogen (secondary N) is 1. The first-order valence-electron chi connectivity index (χ1n) is 5.83. The number of nitrogens with zero attached hydrogens (tertiary/aromatic N) is 1. The Balaban J connectivity index is 2.71. The summed E-state index contributed by atoms with van der Waals surface area (Å²) < 4.78 is 0. The van der Waals surface area contributed by atoms with E-state index in [4.69, 9.17) is 0 Å². The molecule has 0 spiro atoms. The van der Waals surface area contributed by atoms with Crippen LogP contribution in [0.1, 0.15) is 24.5 Å². The summed E-state index contributed by atoms with van der Waals surface area (Å²) in [5, 5.41) is 3.21. The molecule has 0 atom stereocenters. The van der Waals surface area contributed by atoms with Gasteiger partial charge in [0.2, 0.25) is 0 Å². The van der Waals surface area contributed by atoms with Gasteiger partial charge < -0.3 is 5.32 Å². The number of hydrogen-bond donors (Lipinski definition) is 1. The van der Waals surface area contributed by atoms with Crippen LogP contribution >= 0.6 is 0 Å². The predicted octanol–water partition coefficient (Wildman–Crippen LogP) is 3.55. The number of rotatable bonds is 4. The second-order valence-electron chi connectivity index (χ2n) is 3.89. The van der Waals surface area contributed by atoms with E-state index >= 15 is 0 Å². The molecule has 0 radical (unpaired) electrons. The van der Waals surface area contributed by atoms with E-state index in [1.165, 1.54) is 5.56 Å². The maximum Gasteiger partial charge on any atom is 0.124 e. The second kappa shape index (κ2) is 6.69. The maximum atomic E-state index is 4.17. The summed E-state index contributed by atoms with van der Waals surface area (Å²) in [4.78, 5) is 4.17. The van der Waals surface area contributed by atoms with Crippen LogP contribution in [0.5, 0.6) is 0 Å². The first-order valence-corrected chi connectivity index (χ1v) is 5.83. The third-order valence-corrected chi connectivity index (χ3v) is 2.43. The van der Waals surface area contributed by atoms with Gasteiger partial charge in [0.15, 0.2) is 0 Å². The summed E-state index contributed by atoms with van der Waals surface area (Å²) in [6.07, 6.45) is 5.04. The maximum absolute atomic E-state index is 4.17. The number of benzene rings is 1. The molecule has 17 heavy (non-hydrogen) atoms. The van der Waals surface area contributed by atoms with Crippen molar-refractivity contribution in [1.29, 1.82) is 0 Å². The summed E-state index contributed by atoms with van der Waals surface area (Å²) in [5.74, 6) is 0.831. The lowest BCUT2D eigenvalue weighted by Crippen LogP contribution is -2.19. The SMILES string of the molecule is C=C(NC(/C=C\CC)=NC)c1ccc(C)cc1. The van der Waals surface area contributed by atoms with Crippen LogP contribution in [-0.4, -0.2) is 12.9 Å². The average Bonchev–Trinajstić information content (AvgIpc) is 2.35. The minimum absolute atomic E-state index is 0.831. The lowest BCUT2D eigenvalue weighted by molar-refractivity contribution is 1.21. The van der Waals surface area contributed by atoms with Crippen molar-refractivity contribution in [1.82, 2.24) is 5.32 Å². The van der Waals surface area contributed by atoms with Crippen LogP contribution in [0.3, 0.4) is 0 Å². The minimum atomic E-state index is 0.831. The Bertz CT molecular complexity index is 425. The van der Waals surface area contributed by atoms with Crippen molar-refractivity contribution in [2.75, 3.05) is 7.05 Å². The predicted molar refractivity (Wildman–Crippen MR) is 76.1 cm³/mol. The fourth-order valence-electron chi connectivity index (χ4n) is 1.38. The van der Waals surface area contributed by atoms with E-state index in [0.29, 0.717) is 0 Å². The molecule has 0 aromatic heterocycles. The molecule has 1 rings (SSSR count). The monoisotopic (exact) mass is 228 g/mol. The minimum Gasteiger partial charge on any atom is -0.341 e. The molecule has 0 aliphatic rings. The van der Waals surface area contributed by atoms with Crippen molar-refractivity contribution in [3.05, 3.63) is 54.1 Å². The van der Waals surface area contributed by atoms with Crippen LogP contribution < -0.4 is 5.32 Å². The molecule has 2 heteroatoms. The van der Waals surface area contributed by atoms with Gasteiger partial charge in [-0.25, -0.2) is 0 Å². The smallest absolute Gasteiger partial charge is 0.124 e. The lowest BCUT2D eigenvalue weighted by Gasteiger charge is -2.09.